The summed E-state index contributed by atoms with van der Waals surface area (Å²) < 4.78 is 0. The van der Waals surface area contributed by atoms with E-state index in [1.807, 2.05) is 0 Å². The summed E-state index contributed by atoms with van der Waals surface area (Å²) in [5.74, 6) is 2.37. The van der Waals surface area contributed by atoms with Gasteiger partial charge >= 0.3 is 0 Å². The van der Waals surface area contributed by atoms with Crippen LogP contribution in [0.1, 0.15) is 12.5 Å². The number of hydrogen-bond acceptors (Lipinski definition) is 0. The smallest absolute Gasteiger partial charge is 0.0622 e. The highest BCUT2D eigenvalue weighted by Gasteiger charge is 2.50. The summed E-state index contributed by atoms with van der Waals surface area (Å²) in [6, 6.07) is 44.8. The van der Waals surface area contributed by atoms with E-state index < -0.39 is 7.26 Å². The minimum atomic E-state index is -1.75. The third-order valence-electron chi connectivity index (χ3n) is 5.59. The van der Waals surface area contributed by atoms with Crippen LogP contribution < -0.4 is 15.9 Å². The van der Waals surface area contributed by atoms with E-state index in [0.29, 0.717) is 10.9 Å². The highest BCUT2D eigenvalue weighted by molar-refractivity contribution is 8.11. The maximum atomic E-state index is 2.36. The molecule has 0 nitrogen and oxygen atoms in total. The van der Waals surface area contributed by atoms with Crippen molar-refractivity contribution in [3.63, 3.8) is 0 Å². The van der Waals surface area contributed by atoms with Crippen LogP contribution in [0.25, 0.3) is 0 Å². The first-order valence-electron chi connectivity index (χ1n) is 10.6. The van der Waals surface area contributed by atoms with Crippen molar-refractivity contribution in [2.24, 2.45) is 0 Å². The van der Waals surface area contributed by atoms with Crippen molar-refractivity contribution in [3.05, 3.63) is 127 Å². The van der Waals surface area contributed by atoms with Gasteiger partial charge in [-0.3, -0.25) is 0 Å². The monoisotopic (exact) mass is 428 g/mol. The molecule has 0 amide bonds. The SMILES string of the molecule is CC[S+](Cc1ccccc1)C[P+](c1ccccc1)(c1ccccc1)c1ccccc1. The molecule has 0 aliphatic rings. The maximum absolute atomic E-state index is 2.36. The lowest BCUT2D eigenvalue weighted by Crippen LogP contribution is -2.36. The summed E-state index contributed by atoms with van der Waals surface area (Å²) in [6.07, 6.45) is 0. The molecule has 0 aromatic heterocycles. The molecule has 0 saturated carbocycles. The van der Waals surface area contributed by atoms with Crippen LogP contribution in [0.2, 0.25) is 0 Å². The molecular formula is C28H29PS+2. The van der Waals surface area contributed by atoms with Crippen molar-refractivity contribution in [2.45, 2.75) is 12.7 Å². The molecule has 0 aliphatic heterocycles. The van der Waals surface area contributed by atoms with E-state index in [4.69, 9.17) is 0 Å². The standard InChI is InChI=1S/C28H29PS/c1-2-30(23-25-15-7-3-8-16-25)24-29(26-17-9-4-10-18-26,27-19-11-5-12-20-27)28-21-13-6-14-22-28/h3-22H,2,23-24H2,1H3/q+2. The molecule has 0 radical (unpaired) electrons. The predicted octanol–water partition coefficient (Wildman–Crippen LogP) is 5.78. The van der Waals surface area contributed by atoms with E-state index in [-0.39, 0.29) is 0 Å². The van der Waals surface area contributed by atoms with Gasteiger partial charge in [-0.25, -0.2) is 0 Å². The van der Waals surface area contributed by atoms with Crippen LogP contribution in [-0.2, 0) is 16.6 Å². The Bertz CT molecular complexity index is 921. The first kappa shape index (κ1) is 20.9. The highest BCUT2D eigenvalue weighted by Crippen LogP contribution is 2.56. The molecule has 0 bridgehead atoms. The van der Waals surface area contributed by atoms with Crippen LogP contribution in [0, 0.1) is 0 Å². The fraction of sp³-hybridized carbons (Fsp3) is 0.143. The van der Waals surface area contributed by atoms with Gasteiger partial charge in [-0.05, 0) is 43.3 Å². The fourth-order valence-electron chi connectivity index (χ4n) is 4.04. The fourth-order valence-corrected chi connectivity index (χ4v) is 12.9. The molecule has 30 heavy (non-hydrogen) atoms. The Labute approximate surface area is 184 Å². The van der Waals surface area contributed by atoms with Gasteiger partial charge in [-0.1, -0.05) is 84.9 Å². The van der Waals surface area contributed by atoms with Crippen molar-refractivity contribution >= 4 is 34.1 Å². The Morgan fingerprint density at radius 2 is 0.900 bits per heavy atom. The summed E-state index contributed by atoms with van der Waals surface area (Å²) in [5.41, 5.74) is 2.67. The second-order valence-electron chi connectivity index (χ2n) is 7.48. The summed E-state index contributed by atoms with van der Waals surface area (Å²) >= 11 is 0. The third-order valence-corrected chi connectivity index (χ3v) is 13.7. The quantitative estimate of drug-likeness (QED) is 0.247. The van der Waals surface area contributed by atoms with Gasteiger partial charge in [-0.2, -0.15) is 0 Å². The number of rotatable bonds is 8. The van der Waals surface area contributed by atoms with Gasteiger partial charge in [0, 0.05) is 16.5 Å². The van der Waals surface area contributed by atoms with Gasteiger partial charge in [-0.15, -0.1) is 0 Å². The number of hydrogen-bond donors (Lipinski definition) is 0. The minimum absolute atomic E-state index is 0.296. The molecule has 4 aromatic carbocycles. The summed E-state index contributed by atoms with van der Waals surface area (Å²) in [6.45, 7) is 2.36. The second kappa shape index (κ2) is 10.1. The van der Waals surface area contributed by atoms with E-state index in [1.54, 1.807) is 0 Å². The molecule has 2 heteroatoms. The first-order valence-corrected chi connectivity index (χ1v) is 14.3. The van der Waals surface area contributed by atoms with Crippen LogP contribution in [0.15, 0.2) is 121 Å². The lowest BCUT2D eigenvalue weighted by molar-refractivity contribution is 1.37. The lowest BCUT2D eigenvalue weighted by Gasteiger charge is -2.26. The van der Waals surface area contributed by atoms with Gasteiger partial charge in [0.2, 0.25) is 5.49 Å². The molecular weight excluding hydrogens is 399 g/mol. The van der Waals surface area contributed by atoms with Crippen LogP contribution in [-0.4, -0.2) is 11.2 Å². The Balaban J connectivity index is 1.86. The van der Waals surface area contributed by atoms with Gasteiger partial charge in [0.25, 0.3) is 0 Å². The Morgan fingerprint density at radius 1 is 0.533 bits per heavy atom. The van der Waals surface area contributed by atoms with Crippen LogP contribution in [0.4, 0.5) is 0 Å². The molecule has 0 heterocycles. The molecule has 4 aromatic rings. The van der Waals surface area contributed by atoms with E-state index >= 15 is 0 Å². The summed E-state index contributed by atoms with van der Waals surface area (Å²) in [5, 5.41) is 4.46. The van der Waals surface area contributed by atoms with Gasteiger partial charge < -0.3 is 0 Å². The molecule has 0 N–H and O–H groups in total. The zero-order chi connectivity index (χ0) is 20.7. The molecule has 4 rings (SSSR count). The molecule has 0 spiro atoms. The topological polar surface area (TPSA) is 0 Å². The first-order chi connectivity index (χ1) is 14.8. The zero-order valence-corrected chi connectivity index (χ0v) is 19.2. The van der Waals surface area contributed by atoms with E-state index in [2.05, 4.69) is 128 Å². The Kier molecular flexibility index (Phi) is 7.05. The average molecular weight is 429 g/mol. The second-order valence-corrected chi connectivity index (χ2v) is 13.8. The number of benzene rings is 4. The molecule has 0 saturated heterocycles. The van der Waals surface area contributed by atoms with Gasteiger partial charge in [0.15, 0.2) is 7.26 Å². The molecule has 150 valence electrons. The van der Waals surface area contributed by atoms with E-state index in [9.17, 15) is 0 Å². The molecule has 0 fully saturated rings. The average Bonchev–Trinajstić information content (AvgIpc) is 2.84. The van der Waals surface area contributed by atoms with Crippen molar-refractivity contribution in [1.82, 2.24) is 0 Å². The van der Waals surface area contributed by atoms with E-state index in [1.165, 1.54) is 32.7 Å². The largest absolute Gasteiger partial charge is 0.222 e. The Hall–Kier alpha value is -2.34. The Morgan fingerprint density at radius 3 is 1.27 bits per heavy atom. The third kappa shape index (κ3) is 4.53. The van der Waals surface area contributed by atoms with Crippen molar-refractivity contribution in [2.75, 3.05) is 11.2 Å². The lowest BCUT2D eigenvalue weighted by atomic mass is 10.2. The van der Waals surface area contributed by atoms with Gasteiger partial charge in [0.1, 0.15) is 27.4 Å². The molecule has 1 unspecified atom stereocenters. The van der Waals surface area contributed by atoms with Crippen molar-refractivity contribution in [3.8, 4) is 0 Å². The van der Waals surface area contributed by atoms with Gasteiger partial charge in [0.05, 0.1) is 0 Å². The highest BCUT2D eigenvalue weighted by atomic mass is 32.2. The van der Waals surface area contributed by atoms with E-state index in [0.717, 1.165) is 5.75 Å². The van der Waals surface area contributed by atoms with Crippen LogP contribution in [0.5, 0.6) is 0 Å². The predicted molar refractivity (Wildman–Crippen MR) is 138 cm³/mol. The molecule has 1 atom stereocenters. The molecule has 0 aliphatic carbocycles. The van der Waals surface area contributed by atoms with Crippen molar-refractivity contribution < 1.29 is 0 Å². The maximum Gasteiger partial charge on any atom is 0.222 e. The van der Waals surface area contributed by atoms with Crippen LogP contribution >= 0.6 is 7.26 Å². The zero-order valence-electron chi connectivity index (χ0n) is 17.5. The minimum Gasteiger partial charge on any atom is -0.0622 e. The van der Waals surface area contributed by atoms with Crippen LogP contribution in [0.3, 0.4) is 0 Å². The van der Waals surface area contributed by atoms with Crippen molar-refractivity contribution in [1.29, 1.82) is 0 Å². The normalized spacial score (nSPS) is 12.4. The summed E-state index contributed by atoms with van der Waals surface area (Å²) in [4.78, 5) is 0. The summed E-state index contributed by atoms with van der Waals surface area (Å²) in [7, 11) is -1.45.